The summed E-state index contributed by atoms with van der Waals surface area (Å²) in [5, 5.41) is 5.01. The number of rotatable bonds is 10. The zero-order valence-corrected chi connectivity index (χ0v) is 18.4. The number of likely N-dealkylation sites (N-methyl/N-ethyl adjacent to an activating group) is 1. The van der Waals surface area contributed by atoms with Crippen molar-refractivity contribution in [1.82, 2.24) is 9.62 Å². The predicted octanol–water partition coefficient (Wildman–Crippen LogP) is 1.66. The first-order chi connectivity index (χ1) is 14.6. The number of sulfonamides is 1. The van der Waals surface area contributed by atoms with Crippen LogP contribution in [0.15, 0.2) is 53.4 Å². The summed E-state index contributed by atoms with van der Waals surface area (Å²) in [4.78, 5) is 35.4. The fourth-order valence-electron chi connectivity index (χ4n) is 2.57. The fraction of sp³-hybridized carbons (Fsp3) is 0.286. The maximum absolute atomic E-state index is 12.6. The van der Waals surface area contributed by atoms with E-state index in [-0.39, 0.29) is 17.2 Å². The van der Waals surface area contributed by atoms with Gasteiger partial charge in [-0.25, -0.2) is 8.42 Å². The van der Waals surface area contributed by atoms with Gasteiger partial charge in [-0.3, -0.25) is 14.4 Å². The highest BCUT2D eigenvalue weighted by Crippen LogP contribution is 2.16. The van der Waals surface area contributed by atoms with Crippen molar-refractivity contribution < 1.29 is 27.5 Å². The van der Waals surface area contributed by atoms with Gasteiger partial charge < -0.3 is 15.4 Å². The normalized spacial score (nSPS) is 11.1. The molecule has 0 heterocycles. The Hall–Kier alpha value is -3.24. The van der Waals surface area contributed by atoms with Crippen molar-refractivity contribution in [3.8, 4) is 5.75 Å². The minimum Gasteiger partial charge on any atom is -0.494 e. The molecule has 0 radical (unpaired) electrons. The van der Waals surface area contributed by atoms with Gasteiger partial charge in [0.2, 0.25) is 21.8 Å². The molecule has 0 aliphatic heterocycles. The van der Waals surface area contributed by atoms with E-state index < -0.39 is 28.4 Å². The average molecular weight is 448 g/mol. The molecular formula is C21H25N3O6S. The Morgan fingerprint density at radius 1 is 0.968 bits per heavy atom. The first kappa shape index (κ1) is 24.0. The Morgan fingerprint density at radius 2 is 1.58 bits per heavy atom. The van der Waals surface area contributed by atoms with Gasteiger partial charge in [-0.1, -0.05) is 12.1 Å². The SMILES string of the molecule is CCOc1ccc(NC(=O)CNC(=O)CN(C)S(=O)(=O)c2ccc(C(C)=O)cc2)cc1. The molecule has 0 aliphatic carbocycles. The van der Waals surface area contributed by atoms with Crippen LogP contribution < -0.4 is 15.4 Å². The zero-order chi connectivity index (χ0) is 23.0. The molecule has 0 aliphatic rings. The van der Waals surface area contributed by atoms with Gasteiger partial charge in [0, 0.05) is 18.3 Å². The van der Waals surface area contributed by atoms with E-state index in [0.717, 1.165) is 4.31 Å². The lowest BCUT2D eigenvalue weighted by molar-refractivity contribution is -0.124. The maximum Gasteiger partial charge on any atom is 0.243 e. The Bertz CT molecular complexity index is 1030. The van der Waals surface area contributed by atoms with Gasteiger partial charge in [-0.15, -0.1) is 0 Å². The number of nitrogens with zero attached hydrogens (tertiary/aromatic N) is 1. The summed E-state index contributed by atoms with van der Waals surface area (Å²) in [6.07, 6.45) is 0. The lowest BCUT2D eigenvalue weighted by Crippen LogP contribution is -2.41. The minimum absolute atomic E-state index is 0.0407. The first-order valence-electron chi connectivity index (χ1n) is 9.50. The predicted molar refractivity (Wildman–Crippen MR) is 116 cm³/mol. The van der Waals surface area contributed by atoms with Gasteiger partial charge in [0.05, 0.1) is 24.6 Å². The Morgan fingerprint density at radius 3 is 2.13 bits per heavy atom. The topological polar surface area (TPSA) is 122 Å². The Balaban J connectivity index is 1.86. The largest absolute Gasteiger partial charge is 0.494 e. The lowest BCUT2D eigenvalue weighted by atomic mass is 10.2. The van der Waals surface area contributed by atoms with E-state index in [2.05, 4.69) is 10.6 Å². The van der Waals surface area contributed by atoms with Gasteiger partial charge >= 0.3 is 0 Å². The molecule has 2 aromatic rings. The van der Waals surface area contributed by atoms with Gasteiger partial charge in [0.25, 0.3) is 0 Å². The molecule has 0 atom stereocenters. The molecule has 10 heteroatoms. The number of hydrogen-bond acceptors (Lipinski definition) is 6. The van der Waals surface area contributed by atoms with Gasteiger partial charge in [0.1, 0.15) is 5.75 Å². The number of ether oxygens (including phenoxy) is 1. The van der Waals surface area contributed by atoms with Crippen LogP contribution in [-0.4, -0.2) is 57.1 Å². The van der Waals surface area contributed by atoms with Crippen molar-refractivity contribution >= 4 is 33.3 Å². The van der Waals surface area contributed by atoms with E-state index >= 15 is 0 Å². The third-order valence-electron chi connectivity index (χ3n) is 4.23. The number of amides is 2. The molecule has 0 aromatic heterocycles. The van der Waals surface area contributed by atoms with Gasteiger partial charge in [-0.05, 0) is 50.2 Å². The van der Waals surface area contributed by atoms with Crippen LogP contribution in [0.4, 0.5) is 5.69 Å². The molecule has 9 nitrogen and oxygen atoms in total. The number of nitrogens with one attached hydrogen (secondary N) is 2. The summed E-state index contributed by atoms with van der Waals surface area (Å²) in [6, 6.07) is 12.2. The van der Waals surface area contributed by atoms with Crippen LogP contribution in [0.2, 0.25) is 0 Å². The minimum atomic E-state index is -3.92. The highest BCUT2D eigenvalue weighted by Gasteiger charge is 2.23. The smallest absolute Gasteiger partial charge is 0.243 e. The van der Waals surface area contributed by atoms with E-state index in [1.807, 2.05) is 6.92 Å². The van der Waals surface area contributed by atoms with Gasteiger partial charge in [0.15, 0.2) is 5.78 Å². The maximum atomic E-state index is 12.6. The van der Waals surface area contributed by atoms with Crippen LogP contribution in [0.3, 0.4) is 0 Å². The molecule has 2 rings (SSSR count). The van der Waals surface area contributed by atoms with E-state index in [1.165, 1.54) is 38.2 Å². The summed E-state index contributed by atoms with van der Waals surface area (Å²) < 4.78 is 31.3. The van der Waals surface area contributed by atoms with E-state index in [1.54, 1.807) is 24.3 Å². The number of carbonyl (C=O) groups excluding carboxylic acids is 3. The van der Waals surface area contributed by atoms with Gasteiger partial charge in [-0.2, -0.15) is 4.31 Å². The van der Waals surface area contributed by atoms with Crippen LogP contribution in [0.1, 0.15) is 24.2 Å². The summed E-state index contributed by atoms with van der Waals surface area (Å²) in [7, 11) is -2.67. The van der Waals surface area contributed by atoms with Crippen molar-refractivity contribution in [3.05, 3.63) is 54.1 Å². The Kier molecular flexibility index (Phi) is 8.29. The standard InChI is InChI=1S/C21H25N3O6S/c1-4-30-18-9-7-17(8-10-18)23-20(26)13-22-21(27)14-24(3)31(28,29)19-11-5-16(6-12-19)15(2)25/h5-12H,4,13-14H2,1-3H3,(H,22,27)(H,23,26). The fourth-order valence-corrected chi connectivity index (χ4v) is 3.70. The molecule has 2 N–H and O–H groups in total. The molecule has 0 saturated heterocycles. The molecule has 0 bridgehead atoms. The first-order valence-corrected chi connectivity index (χ1v) is 10.9. The number of benzene rings is 2. The highest BCUT2D eigenvalue weighted by atomic mass is 32.2. The molecule has 2 aromatic carbocycles. The second-order valence-corrected chi connectivity index (χ2v) is 8.67. The summed E-state index contributed by atoms with van der Waals surface area (Å²) >= 11 is 0. The van der Waals surface area contributed by atoms with Crippen LogP contribution in [0.5, 0.6) is 5.75 Å². The summed E-state index contributed by atoms with van der Waals surface area (Å²) in [5.74, 6) is -0.592. The second kappa shape index (κ2) is 10.7. The quantitative estimate of drug-likeness (QED) is 0.534. The molecule has 31 heavy (non-hydrogen) atoms. The zero-order valence-electron chi connectivity index (χ0n) is 17.5. The van der Waals surface area contributed by atoms with Crippen molar-refractivity contribution in [2.75, 3.05) is 32.1 Å². The number of anilines is 1. The monoisotopic (exact) mass is 447 g/mol. The highest BCUT2D eigenvalue weighted by molar-refractivity contribution is 7.89. The molecule has 0 saturated carbocycles. The average Bonchev–Trinajstić information content (AvgIpc) is 2.74. The molecule has 166 valence electrons. The second-order valence-electron chi connectivity index (χ2n) is 6.62. The van der Waals surface area contributed by atoms with Crippen LogP contribution in [-0.2, 0) is 19.6 Å². The number of hydrogen-bond donors (Lipinski definition) is 2. The van der Waals surface area contributed by atoms with Crippen LogP contribution >= 0.6 is 0 Å². The number of carbonyl (C=O) groups is 3. The molecule has 0 unspecified atom stereocenters. The van der Waals surface area contributed by atoms with Crippen molar-refractivity contribution in [2.45, 2.75) is 18.7 Å². The Labute approximate surface area is 181 Å². The number of Topliss-reactive ketones (excluding diaryl/α,β-unsaturated/α-hetero) is 1. The van der Waals surface area contributed by atoms with Crippen molar-refractivity contribution in [3.63, 3.8) is 0 Å². The van der Waals surface area contributed by atoms with Crippen LogP contribution in [0.25, 0.3) is 0 Å². The van der Waals surface area contributed by atoms with E-state index in [0.29, 0.717) is 23.6 Å². The van der Waals surface area contributed by atoms with Crippen molar-refractivity contribution in [1.29, 1.82) is 0 Å². The van der Waals surface area contributed by atoms with Crippen LogP contribution in [0, 0.1) is 0 Å². The van der Waals surface area contributed by atoms with E-state index in [4.69, 9.17) is 4.74 Å². The summed E-state index contributed by atoms with van der Waals surface area (Å²) in [6.45, 7) is 3.00. The van der Waals surface area contributed by atoms with Crippen molar-refractivity contribution in [2.24, 2.45) is 0 Å². The lowest BCUT2D eigenvalue weighted by Gasteiger charge is -2.17. The number of ketones is 1. The van der Waals surface area contributed by atoms with E-state index in [9.17, 15) is 22.8 Å². The molecule has 0 spiro atoms. The molecular weight excluding hydrogens is 422 g/mol. The third kappa shape index (κ3) is 6.90. The molecule has 0 fully saturated rings. The molecule has 2 amide bonds. The summed E-state index contributed by atoms with van der Waals surface area (Å²) in [5.41, 5.74) is 0.925. The third-order valence-corrected chi connectivity index (χ3v) is 6.05.